The molecule has 0 aliphatic carbocycles. The van der Waals surface area contributed by atoms with E-state index in [1.807, 2.05) is 6.07 Å². The number of halogens is 1. The Balaban J connectivity index is 1.40. The third-order valence-electron chi connectivity index (χ3n) is 4.00. The molecule has 3 amide bonds. The van der Waals surface area contributed by atoms with Gasteiger partial charge in [0.2, 0.25) is 5.91 Å². The number of nitrogens with zero attached hydrogens (tertiary/aromatic N) is 1. The van der Waals surface area contributed by atoms with Crippen LogP contribution < -0.4 is 16.0 Å². The molecule has 0 fully saturated rings. The van der Waals surface area contributed by atoms with E-state index in [1.165, 1.54) is 11.3 Å². The molecule has 154 valence electrons. The molecule has 0 aliphatic rings. The molecular formula is C21H19ClN4O3S. The second kappa shape index (κ2) is 10.5. The summed E-state index contributed by atoms with van der Waals surface area (Å²) >= 11 is 7.23. The quantitative estimate of drug-likeness (QED) is 0.466. The highest BCUT2D eigenvalue weighted by Crippen LogP contribution is 2.17. The van der Waals surface area contributed by atoms with Gasteiger partial charge in [0.1, 0.15) is 0 Å². The van der Waals surface area contributed by atoms with E-state index in [0.717, 1.165) is 0 Å². The minimum atomic E-state index is -0.298. The lowest BCUT2D eigenvalue weighted by atomic mass is 10.2. The largest absolute Gasteiger partial charge is 0.354 e. The van der Waals surface area contributed by atoms with Crippen LogP contribution in [0.5, 0.6) is 0 Å². The fourth-order valence-electron chi connectivity index (χ4n) is 2.55. The number of carbonyl (C=O) groups excluding carboxylic acids is 3. The van der Waals surface area contributed by atoms with E-state index in [2.05, 4.69) is 20.9 Å². The first-order valence-corrected chi connectivity index (χ1v) is 10.4. The highest BCUT2D eigenvalue weighted by molar-refractivity contribution is 7.14. The van der Waals surface area contributed by atoms with E-state index in [0.29, 0.717) is 27.0 Å². The van der Waals surface area contributed by atoms with Crippen molar-refractivity contribution in [2.45, 2.75) is 6.42 Å². The fourth-order valence-corrected chi connectivity index (χ4v) is 3.48. The molecule has 7 nitrogen and oxygen atoms in total. The third-order valence-corrected chi connectivity index (χ3v) is 5.14. The minimum Gasteiger partial charge on any atom is -0.354 e. The van der Waals surface area contributed by atoms with Gasteiger partial charge in [0.15, 0.2) is 5.13 Å². The standard InChI is InChI=1S/C21H19ClN4O3S/c22-17-9-5-4-8-16(17)20(29)24-11-10-23-18(27)12-15-13-30-21(25-15)26-19(28)14-6-2-1-3-7-14/h1-9,13H,10-12H2,(H,23,27)(H,24,29)(H,25,26,28). The van der Waals surface area contributed by atoms with E-state index < -0.39 is 0 Å². The highest BCUT2D eigenvalue weighted by atomic mass is 35.5. The molecule has 1 aromatic heterocycles. The molecule has 2 aromatic carbocycles. The van der Waals surface area contributed by atoms with Gasteiger partial charge in [-0.3, -0.25) is 19.7 Å². The summed E-state index contributed by atoms with van der Waals surface area (Å²) in [6.07, 6.45) is 0.0795. The number of nitrogens with one attached hydrogen (secondary N) is 3. The Kier molecular flexibility index (Phi) is 7.53. The van der Waals surface area contributed by atoms with Crippen LogP contribution in [0.15, 0.2) is 60.0 Å². The Morgan fingerprint density at radius 3 is 2.37 bits per heavy atom. The van der Waals surface area contributed by atoms with Crippen LogP contribution >= 0.6 is 22.9 Å². The number of rotatable bonds is 8. The molecule has 9 heteroatoms. The van der Waals surface area contributed by atoms with Gasteiger partial charge in [-0.15, -0.1) is 11.3 Å². The summed E-state index contributed by atoms with van der Waals surface area (Å²) in [5, 5.41) is 10.7. The highest BCUT2D eigenvalue weighted by Gasteiger charge is 2.12. The molecule has 3 rings (SSSR count). The van der Waals surface area contributed by atoms with Crippen molar-refractivity contribution in [1.29, 1.82) is 0 Å². The molecule has 0 radical (unpaired) electrons. The first kappa shape index (κ1) is 21.5. The molecule has 3 aromatic rings. The predicted octanol–water partition coefficient (Wildman–Crippen LogP) is 3.14. The van der Waals surface area contributed by atoms with Crippen LogP contribution in [0.2, 0.25) is 5.02 Å². The van der Waals surface area contributed by atoms with Gasteiger partial charge in [-0.1, -0.05) is 41.9 Å². The van der Waals surface area contributed by atoms with E-state index in [1.54, 1.807) is 53.9 Å². The molecule has 0 bridgehead atoms. The zero-order valence-electron chi connectivity index (χ0n) is 15.9. The van der Waals surface area contributed by atoms with Crippen LogP contribution in [0.25, 0.3) is 0 Å². The maximum absolute atomic E-state index is 12.1. The second-order valence-corrected chi connectivity index (χ2v) is 7.49. The molecule has 0 saturated heterocycles. The molecule has 30 heavy (non-hydrogen) atoms. The van der Waals surface area contributed by atoms with Gasteiger partial charge >= 0.3 is 0 Å². The number of thiazole rings is 1. The lowest BCUT2D eigenvalue weighted by molar-refractivity contribution is -0.120. The van der Waals surface area contributed by atoms with Gasteiger partial charge < -0.3 is 10.6 Å². The van der Waals surface area contributed by atoms with Gasteiger partial charge in [0.25, 0.3) is 11.8 Å². The van der Waals surface area contributed by atoms with Crippen molar-refractivity contribution in [3.63, 3.8) is 0 Å². The molecule has 0 aliphatic heterocycles. The molecule has 0 atom stereocenters. The van der Waals surface area contributed by atoms with E-state index >= 15 is 0 Å². The van der Waals surface area contributed by atoms with Crippen LogP contribution in [-0.4, -0.2) is 35.8 Å². The normalized spacial score (nSPS) is 10.3. The minimum absolute atomic E-state index is 0.0795. The zero-order valence-corrected chi connectivity index (χ0v) is 17.4. The van der Waals surface area contributed by atoms with Gasteiger partial charge in [-0.2, -0.15) is 0 Å². The number of hydrogen-bond donors (Lipinski definition) is 3. The molecule has 0 saturated carbocycles. The first-order valence-electron chi connectivity index (χ1n) is 9.13. The summed E-state index contributed by atoms with van der Waals surface area (Å²) in [5.74, 6) is -0.781. The van der Waals surface area contributed by atoms with Crippen LogP contribution in [0.4, 0.5) is 5.13 Å². The summed E-state index contributed by atoms with van der Waals surface area (Å²) in [4.78, 5) is 40.5. The molecule has 0 spiro atoms. The first-order chi connectivity index (χ1) is 14.5. The van der Waals surface area contributed by atoms with Gasteiger partial charge in [-0.25, -0.2) is 4.98 Å². The predicted molar refractivity (Wildman–Crippen MR) is 117 cm³/mol. The monoisotopic (exact) mass is 442 g/mol. The van der Waals surface area contributed by atoms with Crippen molar-refractivity contribution in [1.82, 2.24) is 15.6 Å². The summed E-state index contributed by atoms with van der Waals surface area (Å²) in [6.45, 7) is 0.544. The molecule has 3 N–H and O–H groups in total. The number of anilines is 1. The third kappa shape index (κ3) is 6.13. The topological polar surface area (TPSA) is 100 Å². The Hall–Kier alpha value is -3.23. The van der Waals surface area contributed by atoms with Crippen molar-refractivity contribution in [2.75, 3.05) is 18.4 Å². The lowest BCUT2D eigenvalue weighted by Crippen LogP contribution is -2.35. The smallest absolute Gasteiger partial charge is 0.257 e. The SMILES string of the molecule is O=C(Cc1csc(NC(=O)c2ccccc2)n1)NCCNC(=O)c1ccccc1Cl. The van der Waals surface area contributed by atoms with Crippen molar-refractivity contribution in [2.24, 2.45) is 0 Å². The molecule has 1 heterocycles. The van der Waals surface area contributed by atoms with Gasteiger partial charge in [0, 0.05) is 24.0 Å². The van der Waals surface area contributed by atoms with E-state index in [9.17, 15) is 14.4 Å². The number of carbonyl (C=O) groups is 3. The average Bonchev–Trinajstić information content (AvgIpc) is 3.18. The van der Waals surface area contributed by atoms with Crippen LogP contribution in [-0.2, 0) is 11.2 Å². The summed E-state index contributed by atoms with van der Waals surface area (Å²) in [5.41, 5.74) is 1.48. The molecule has 0 unspecified atom stereocenters. The number of benzene rings is 2. The van der Waals surface area contributed by atoms with Crippen molar-refractivity contribution in [3.05, 3.63) is 81.8 Å². The molecular weight excluding hydrogens is 424 g/mol. The lowest BCUT2D eigenvalue weighted by Gasteiger charge is -2.07. The summed E-state index contributed by atoms with van der Waals surface area (Å²) in [7, 11) is 0. The Morgan fingerprint density at radius 1 is 0.900 bits per heavy atom. The van der Waals surface area contributed by atoms with Crippen molar-refractivity contribution in [3.8, 4) is 0 Å². The Bertz CT molecular complexity index is 1040. The number of hydrogen-bond acceptors (Lipinski definition) is 5. The number of aromatic nitrogens is 1. The maximum atomic E-state index is 12.1. The fraction of sp³-hybridized carbons (Fsp3) is 0.143. The number of amides is 3. The summed E-state index contributed by atoms with van der Waals surface area (Å²) < 4.78 is 0. The Labute approximate surface area is 182 Å². The second-order valence-electron chi connectivity index (χ2n) is 6.23. The van der Waals surface area contributed by atoms with Crippen molar-refractivity contribution >= 4 is 45.8 Å². The van der Waals surface area contributed by atoms with Gasteiger partial charge in [0.05, 0.1) is 22.7 Å². The summed E-state index contributed by atoms with van der Waals surface area (Å²) in [6, 6.07) is 15.6. The van der Waals surface area contributed by atoms with Crippen molar-refractivity contribution < 1.29 is 14.4 Å². The van der Waals surface area contributed by atoms with E-state index in [-0.39, 0.29) is 37.2 Å². The van der Waals surface area contributed by atoms with Crippen LogP contribution in [0.1, 0.15) is 26.4 Å². The van der Waals surface area contributed by atoms with Crippen LogP contribution in [0.3, 0.4) is 0 Å². The van der Waals surface area contributed by atoms with E-state index in [4.69, 9.17) is 11.6 Å². The maximum Gasteiger partial charge on any atom is 0.257 e. The van der Waals surface area contributed by atoms with Crippen LogP contribution in [0, 0.1) is 0 Å². The Morgan fingerprint density at radius 2 is 1.60 bits per heavy atom. The van der Waals surface area contributed by atoms with Gasteiger partial charge in [-0.05, 0) is 24.3 Å². The zero-order chi connectivity index (χ0) is 21.3. The average molecular weight is 443 g/mol.